The van der Waals surface area contributed by atoms with Crippen molar-refractivity contribution >= 4 is 0 Å². The Bertz CT molecular complexity index is 386. The first-order valence-electron chi connectivity index (χ1n) is 7.39. The summed E-state index contributed by atoms with van der Waals surface area (Å²) in [7, 11) is 0. The molecule has 0 bridgehead atoms. The molecule has 1 aliphatic heterocycles. The first kappa shape index (κ1) is 14.4. The summed E-state index contributed by atoms with van der Waals surface area (Å²) in [6.45, 7) is 8.61. The molecule has 0 saturated carbocycles. The number of hydrogen-bond acceptors (Lipinski definition) is 3. The minimum Gasteiger partial charge on any atom is -0.491 e. The van der Waals surface area contributed by atoms with Gasteiger partial charge in [-0.05, 0) is 52.8 Å². The number of rotatable bonds is 5. The molecule has 3 heteroatoms. The molecule has 1 aliphatic rings. The molecule has 1 unspecified atom stereocenters. The lowest BCUT2D eigenvalue weighted by molar-refractivity contribution is 0.236. The molecule has 1 heterocycles. The SMILES string of the molecule is CC(C)Oc1ccccc1C(C)NC1CCNCC1. The smallest absolute Gasteiger partial charge is 0.124 e. The zero-order valence-electron chi connectivity index (χ0n) is 12.3. The highest BCUT2D eigenvalue weighted by Crippen LogP contribution is 2.26. The van der Waals surface area contributed by atoms with E-state index in [0.29, 0.717) is 12.1 Å². The fourth-order valence-corrected chi connectivity index (χ4v) is 2.63. The van der Waals surface area contributed by atoms with Crippen LogP contribution >= 0.6 is 0 Å². The summed E-state index contributed by atoms with van der Waals surface area (Å²) in [6, 6.07) is 9.30. The van der Waals surface area contributed by atoms with Crippen molar-refractivity contribution in [2.24, 2.45) is 0 Å². The summed E-state index contributed by atoms with van der Waals surface area (Å²) in [4.78, 5) is 0. The van der Waals surface area contributed by atoms with Crippen molar-refractivity contribution in [2.75, 3.05) is 13.1 Å². The van der Waals surface area contributed by atoms with Gasteiger partial charge in [0, 0.05) is 17.6 Å². The van der Waals surface area contributed by atoms with Crippen molar-refractivity contribution in [3.8, 4) is 5.75 Å². The van der Waals surface area contributed by atoms with Crippen LogP contribution in [-0.4, -0.2) is 25.2 Å². The third-order valence-corrected chi connectivity index (χ3v) is 3.57. The maximum atomic E-state index is 5.90. The largest absolute Gasteiger partial charge is 0.491 e. The van der Waals surface area contributed by atoms with Gasteiger partial charge in [0.25, 0.3) is 0 Å². The van der Waals surface area contributed by atoms with Gasteiger partial charge < -0.3 is 15.4 Å². The van der Waals surface area contributed by atoms with E-state index in [-0.39, 0.29) is 6.10 Å². The van der Waals surface area contributed by atoms with E-state index in [1.54, 1.807) is 0 Å². The topological polar surface area (TPSA) is 33.3 Å². The highest BCUT2D eigenvalue weighted by Gasteiger charge is 2.18. The van der Waals surface area contributed by atoms with Crippen LogP contribution < -0.4 is 15.4 Å². The van der Waals surface area contributed by atoms with Gasteiger partial charge in [-0.15, -0.1) is 0 Å². The Morgan fingerprint density at radius 2 is 1.84 bits per heavy atom. The first-order chi connectivity index (χ1) is 9.16. The van der Waals surface area contributed by atoms with Gasteiger partial charge in [0.05, 0.1) is 6.10 Å². The molecule has 1 aromatic rings. The maximum absolute atomic E-state index is 5.90. The second-order valence-electron chi connectivity index (χ2n) is 5.62. The number of hydrogen-bond donors (Lipinski definition) is 2. The van der Waals surface area contributed by atoms with Crippen LogP contribution in [0.1, 0.15) is 45.2 Å². The number of ether oxygens (including phenoxy) is 1. The molecule has 1 fully saturated rings. The summed E-state index contributed by atoms with van der Waals surface area (Å²) in [5.41, 5.74) is 1.26. The minimum atomic E-state index is 0.215. The monoisotopic (exact) mass is 262 g/mol. The molecule has 0 radical (unpaired) electrons. The molecule has 1 aromatic carbocycles. The van der Waals surface area contributed by atoms with Crippen molar-refractivity contribution in [2.45, 2.75) is 51.8 Å². The van der Waals surface area contributed by atoms with Gasteiger partial charge in [-0.3, -0.25) is 0 Å². The molecular formula is C16H26N2O. The van der Waals surface area contributed by atoms with Crippen LogP contribution in [0.25, 0.3) is 0 Å². The van der Waals surface area contributed by atoms with E-state index >= 15 is 0 Å². The van der Waals surface area contributed by atoms with E-state index in [0.717, 1.165) is 18.8 Å². The van der Waals surface area contributed by atoms with Gasteiger partial charge in [0.2, 0.25) is 0 Å². The van der Waals surface area contributed by atoms with Gasteiger partial charge in [-0.25, -0.2) is 0 Å². The Balaban J connectivity index is 2.02. The molecule has 0 aliphatic carbocycles. The van der Waals surface area contributed by atoms with Crippen molar-refractivity contribution in [1.82, 2.24) is 10.6 Å². The summed E-state index contributed by atoms with van der Waals surface area (Å²) < 4.78 is 5.90. The lowest BCUT2D eigenvalue weighted by Crippen LogP contribution is -2.41. The molecule has 1 atom stereocenters. The van der Waals surface area contributed by atoms with Crippen LogP contribution in [0.4, 0.5) is 0 Å². The molecule has 3 nitrogen and oxygen atoms in total. The molecule has 1 saturated heterocycles. The van der Waals surface area contributed by atoms with Gasteiger partial charge in [0.15, 0.2) is 0 Å². The fourth-order valence-electron chi connectivity index (χ4n) is 2.63. The van der Waals surface area contributed by atoms with Crippen LogP contribution in [0.15, 0.2) is 24.3 Å². The zero-order chi connectivity index (χ0) is 13.7. The Hall–Kier alpha value is -1.06. The lowest BCUT2D eigenvalue weighted by atomic mass is 10.0. The van der Waals surface area contributed by atoms with E-state index in [4.69, 9.17) is 4.74 Å². The highest BCUT2D eigenvalue weighted by atomic mass is 16.5. The Kier molecular flexibility index (Phi) is 5.23. The van der Waals surface area contributed by atoms with Crippen LogP contribution in [0, 0.1) is 0 Å². The third kappa shape index (κ3) is 4.22. The quantitative estimate of drug-likeness (QED) is 0.856. The van der Waals surface area contributed by atoms with E-state index in [1.165, 1.54) is 18.4 Å². The summed E-state index contributed by atoms with van der Waals surface area (Å²) in [5, 5.41) is 7.13. The second-order valence-corrected chi connectivity index (χ2v) is 5.62. The van der Waals surface area contributed by atoms with Crippen molar-refractivity contribution < 1.29 is 4.74 Å². The Morgan fingerprint density at radius 1 is 1.16 bits per heavy atom. The predicted molar refractivity (Wildman–Crippen MR) is 79.6 cm³/mol. The molecule has 0 spiro atoms. The van der Waals surface area contributed by atoms with Crippen molar-refractivity contribution in [1.29, 1.82) is 0 Å². The van der Waals surface area contributed by atoms with E-state index in [2.05, 4.69) is 49.6 Å². The summed E-state index contributed by atoms with van der Waals surface area (Å²) in [6.07, 6.45) is 2.63. The molecular weight excluding hydrogens is 236 g/mol. The van der Waals surface area contributed by atoms with Crippen LogP contribution in [-0.2, 0) is 0 Å². The van der Waals surface area contributed by atoms with Gasteiger partial charge in [-0.2, -0.15) is 0 Å². The third-order valence-electron chi connectivity index (χ3n) is 3.57. The number of benzene rings is 1. The maximum Gasteiger partial charge on any atom is 0.124 e. The first-order valence-corrected chi connectivity index (χ1v) is 7.39. The fraction of sp³-hybridized carbons (Fsp3) is 0.625. The van der Waals surface area contributed by atoms with Crippen molar-refractivity contribution in [3.05, 3.63) is 29.8 Å². The summed E-state index contributed by atoms with van der Waals surface area (Å²) >= 11 is 0. The normalized spacial score (nSPS) is 18.5. The van der Waals surface area contributed by atoms with Gasteiger partial charge in [0.1, 0.15) is 5.75 Å². The minimum absolute atomic E-state index is 0.215. The van der Waals surface area contributed by atoms with E-state index in [9.17, 15) is 0 Å². The van der Waals surface area contributed by atoms with Crippen LogP contribution in [0.3, 0.4) is 0 Å². The van der Waals surface area contributed by atoms with Crippen LogP contribution in [0.5, 0.6) is 5.75 Å². The zero-order valence-corrected chi connectivity index (χ0v) is 12.3. The number of piperidine rings is 1. The molecule has 0 amide bonds. The standard InChI is InChI=1S/C16H26N2O/c1-12(2)19-16-7-5-4-6-15(16)13(3)18-14-8-10-17-11-9-14/h4-7,12-14,17-18H,8-11H2,1-3H3. The van der Waals surface area contributed by atoms with Crippen LogP contribution in [0.2, 0.25) is 0 Å². The predicted octanol–water partition coefficient (Wildman–Crippen LogP) is 2.88. The lowest BCUT2D eigenvalue weighted by Gasteiger charge is -2.28. The summed E-state index contributed by atoms with van der Waals surface area (Å²) in [5.74, 6) is 1.01. The molecule has 19 heavy (non-hydrogen) atoms. The molecule has 0 aromatic heterocycles. The molecule has 2 N–H and O–H groups in total. The number of nitrogens with one attached hydrogen (secondary N) is 2. The molecule has 106 valence electrons. The highest BCUT2D eigenvalue weighted by molar-refractivity contribution is 5.35. The Labute approximate surface area is 116 Å². The average molecular weight is 262 g/mol. The van der Waals surface area contributed by atoms with Gasteiger partial charge in [-0.1, -0.05) is 18.2 Å². The van der Waals surface area contributed by atoms with Gasteiger partial charge >= 0.3 is 0 Å². The van der Waals surface area contributed by atoms with Crippen molar-refractivity contribution in [3.63, 3.8) is 0 Å². The Morgan fingerprint density at radius 3 is 2.53 bits per heavy atom. The average Bonchev–Trinajstić information content (AvgIpc) is 2.39. The second kappa shape index (κ2) is 6.92. The van der Waals surface area contributed by atoms with E-state index < -0.39 is 0 Å². The number of para-hydroxylation sites is 1. The van der Waals surface area contributed by atoms with E-state index in [1.807, 2.05) is 6.07 Å². The molecule has 2 rings (SSSR count).